The molecule has 0 aliphatic carbocycles. The number of nitrogens with one attached hydrogen (secondary N) is 2. The molecule has 98 valence electrons. The van der Waals surface area contributed by atoms with Crippen LogP contribution in [0.1, 0.15) is 0 Å². The third kappa shape index (κ3) is 2.83. The summed E-state index contributed by atoms with van der Waals surface area (Å²) in [4.78, 5) is 27.7. The molecule has 0 saturated carbocycles. The zero-order chi connectivity index (χ0) is 14.0. The van der Waals surface area contributed by atoms with Gasteiger partial charge in [-0.1, -0.05) is 23.2 Å². The van der Waals surface area contributed by atoms with Crippen LogP contribution in [-0.2, 0) is 0 Å². The van der Waals surface area contributed by atoms with Gasteiger partial charge in [0.1, 0.15) is 5.82 Å². The summed E-state index contributed by atoms with van der Waals surface area (Å²) < 4.78 is 0. The zero-order valence-corrected chi connectivity index (χ0v) is 10.8. The fraction of sp³-hybridized carbons (Fsp3) is 0. The highest BCUT2D eigenvalue weighted by molar-refractivity contribution is 6.42. The van der Waals surface area contributed by atoms with Gasteiger partial charge in [-0.15, -0.1) is 4.91 Å². The fourth-order valence-corrected chi connectivity index (χ4v) is 1.67. The SMILES string of the molecule is Nc1[nH]c(=O)nc(Nc2ccc(Cl)c(Cl)c2)c1N=O. The molecule has 1 aromatic carbocycles. The molecule has 0 aliphatic heterocycles. The summed E-state index contributed by atoms with van der Waals surface area (Å²) >= 11 is 11.6. The van der Waals surface area contributed by atoms with Gasteiger partial charge in [-0.25, -0.2) is 4.79 Å². The molecular formula is C10H7Cl2N5O2. The van der Waals surface area contributed by atoms with Crippen molar-refractivity contribution in [3.63, 3.8) is 0 Å². The first kappa shape index (κ1) is 13.3. The van der Waals surface area contributed by atoms with Crippen LogP contribution in [0.2, 0.25) is 10.0 Å². The molecule has 4 N–H and O–H groups in total. The first-order valence-corrected chi connectivity index (χ1v) is 5.72. The second kappa shape index (κ2) is 5.25. The maximum absolute atomic E-state index is 11.2. The largest absolute Gasteiger partial charge is 0.383 e. The lowest BCUT2D eigenvalue weighted by Gasteiger charge is -2.08. The Bertz CT molecular complexity index is 701. The van der Waals surface area contributed by atoms with Crippen molar-refractivity contribution >= 4 is 46.2 Å². The predicted octanol–water partition coefficient (Wildman–Crippen LogP) is 2.80. The van der Waals surface area contributed by atoms with Gasteiger partial charge in [0.15, 0.2) is 11.5 Å². The molecule has 19 heavy (non-hydrogen) atoms. The van der Waals surface area contributed by atoms with Crippen molar-refractivity contribution in [1.29, 1.82) is 0 Å². The maximum Gasteiger partial charge on any atom is 0.348 e. The molecule has 0 amide bonds. The van der Waals surface area contributed by atoms with Crippen LogP contribution < -0.4 is 16.7 Å². The summed E-state index contributed by atoms with van der Waals surface area (Å²) in [7, 11) is 0. The number of hydrogen-bond acceptors (Lipinski definition) is 6. The van der Waals surface area contributed by atoms with Crippen LogP contribution in [0.15, 0.2) is 28.2 Å². The van der Waals surface area contributed by atoms with Crippen molar-refractivity contribution in [2.45, 2.75) is 0 Å². The summed E-state index contributed by atoms with van der Waals surface area (Å²) in [6.07, 6.45) is 0. The molecule has 0 atom stereocenters. The molecule has 0 unspecified atom stereocenters. The van der Waals surface area contributed by atoms with Crippen LogP contribution in [0, 0.1) is 4.91 Å². The Kier molecular flexibility index (Phi) is 3.68. The predicted molar refractivity (Wildman–Crippen MR) is 74.5 cm³/mol. The number of halogens is 2. The number of nitrogen functional groups attached to an aromatic ring is 1. The summed E-state index contributed by atoms with van der Waals surface area (Å²) in [6.45, 7) is 0. The number of H-pyrrole nitrogens is 1. The molecule has 1 heterocycles. The van der Waals surface area contributed by atoms with E-state index in [1.54, 1.807) is 12.1 Å². The normalized spacial score (nSPS) is 10.2. The summed E-state index contributed by atoms with van der Waals surface area (Å²) in [5.41, 5.74) is 5.06. The molecule has 0 saturated heterocycles. The van der Waals surface area contributed by atoms with Gasteiger partial charge in [-0.05, 0) is 23.4 Å². The monoisotopic (exact) mass is 299 g/mol. The summed E-state index contributed by atoms with van der Waals surface area (Å²) in [6, 6.07) is 4.66. The quantitative estimate of drug-likeness (QED) is 0.754. The minimum atomic E-state index is -0.701. The van der Waals surface area contributed by atoms with E-state index >= 15 is 0 Å². The molecular weight excluding hydrogens is 293 g/mol. The van der Waals surface area contributed by atoms with Crippen LogP contribution in [-0.4, -0.2) is 9.97 Å². The van der Waals surface area contributed by atoms with Crippen LogP contribution in [0.25, 0.3) is 0 Å². The molecule has 0 fully saturated rings. The Morgan fingerprint density at radius 3 is 2.68 bits per heavy atom. The van der Waals surface area contributed by atoms with E-state index in [9.17, 15) is 9.70 Å². The Balaban J connectivity index is 2.45. The Morgan fingerprint density at radius 2 is 2.05 bits per heavy atom. The second-order valence-electron chi connectivity index (χ2n) is 3.50. The smallest absolute Gasteiger partial charge is 0.348 e. The third-order valence-corrected chi connectivity index (χ3v) is 2.95. The highest BCUT2D eigenvalue weighted by atomic mass is 35.5. The average molecular weight is 300 g/mol. The van der Waals surface area contributed by atoms with Crippen molar-refractivity contribution < 1.29 is 0 Å². The van der Waals surface area contributed by atoms with Crippen molar-refractivity contribution in [3.05, 3.63) is 43.6 Å². The number of nitrogens with two attached hydrogens (primary N) is 1. The number of nitrogens with zero attached hydrogens (tertiary/aromatic N) is 2. The number of rotatable bonds is 3. The van der Waals surface area contributed by atoms with E-state index in [1.165, 1.54) is 6.07 Å². The molecule has 2 aromatic rings. The van der Waals surface area contributed by atoms with Crippen LogP contribution in [0.3, 0.4) is 0 Å². The minimum absolute atomic E-state index is 0.0605. The van der Waals surface area contributed by atoms with Gasteiger partial charge in [0.25, 0.3) is 0 Å². The number of anilines is 3. The number of benzene rings is 1. The highest BCUT2D eigenvalue weighted by Gasteiger charge is 2.12. The van der Waals surface area contributed by atoms with E-state index in [4.69, 9.17) is 28.9 Å². The van der Waals surface area contributed by atoms with E-state index in [0.29, 0.717) is 15.7 Å². The van der Waals surface area contributed by atoms with Gasteiger partial charge in [0, 0.05) is 5.69 Å². The first-order chi connectivity index (χ1) is 9.01. The number of hydrogen-bond donors (Lipinski definition) is 3. The fourth-order valence-electron chi connectivity index (χ4n) is 1.37. The average Bonchev–Trinajstić information content (AvgIpc) is 2.33. The lowest BCUT2D eigenvalue weighted by atomic mass is 10.3. The van der Waals surface area contributed by atoms with Crippen molar-refractivity contribution in [2.75, 3.05) is 11.1 Å². The van der Waals surface area contributed by atoms with E-state index in [-0.39, 0.29) is 17.3 Å². The maximum atomic E-state index is 11.2. The Morgan fingerprint density at radius 1 is 1.32 bits per heavy atom. The standard InChI is InChI=1S/C10H7Cl2N5O2/c11-5-2-1-4(3-6(5)12)14-9-7(17-19)8(13)15-10(18)16-9/h1-3H,(H4,13,14,15,16,18). The molecule has 0 bridgehead atoms. The lowest BCUT2D eigenvalue weighted by molar-refractivity contribution is 1.08. The second-order valence-corrected chi connectivity index (χ2v) is 4.31. The lowest BCUT2D eigenvalue weighted by Crippen LogP contribution is -2.14. The van der Waals surface area contributed by atoms with Crippen molar-refractivity contribution in [2.24, 2.45) is 5.18 Å². The van der Waals surface area contributed by atoms with Gasteiger partial charge >= 0.3 is 5.69 Å². The van der Waals surface area contributed by atoms with Crippen molar-refractivity contribution in [3.8, 4) is 0 Å². The van der Waals surface area contributed by atoms with Gasteiger partial charge in [-0.2, -0.15) is 4.98 Å². The first-order valence-electron chi connectivity index (χ1n) is 4.96. The van der Waals surface area contributed by atoms with Gasteiger partial charge < -0.3 is 11.1 Å². The molecule has 0 radical (unpaired) electrons. The van der Waals surface area contributed by atoms with E-state index in [0.717, 1.165) is 0 Å². The highest BCUT2D eigenvalue weighted by Crippen LogP contribution is 2.31. The van der Waals surface area contributed by atoms with E-state index in [2.05, 4.69) is 20.5 Å². The van der Waals surface area contributed by atoms with Gasteiger partial charge in [0.05, 0.1) is 10.0 Å². The zero-order valence-electron chi connectivity index (χ0n) is 9.28. The van der Waals surface area contributed by atoms with E-state index < -0.39 is 5.69 Å². The Hall–Kier alpha value is -2.12. The molecule has 2 rings (SSSR count). The van der Waals surface area contributed by atoms with E-state index in [1.807, 2.05) is 0 Å². The van der Waals surface area contributed by atoms with Crippen LogP contribution in [0.5, 0.6) is 0 Å². The summed E-state index contributed by atoms with van der Waals surface area (Å²) in [5, 5.41) is 6.13. The number of aromatic amines is 1. The minimum Gasteiger partial charge on any atom is -0.383 e. The molecule has 0 spiro atoms. The van der Waals surface area contributed by atoms with Gasteiger partial charge in [0.2, 0.25) is 0 Å². The molecule has 9 heteroatoms. The molecule has 1 aromatic heterocycles. The number of nitroso groups, excluding NO2 is 1. The number of aromatic nitrogens is 2. The Labute approximate surface area is 116 Å². The topological polar surface area (TPSA) is 113 Å². The van der Waals surface area contributed by atoms with Crippen LogP contribution in [0.4, 0.5) is 23.0 Å². The van der Waals surface area contributed by atoms with Crippen LogP contribution >= 0.6 is 23.2 Å². The van der Waals surface area contributed by atoms with Crippen molar-refractivity contribution in [1.82, 2.24) is 9.97 Å². The third-order valence-electron chi connectivity index (χ3n) is 2.21. The molecule has 7 nitrogen and oxygen atoms in total. The van der Waals surface area contributed by atoms with Gasteiger partial charge in [-0.3, -0.25) is 4.98 Å². The molecule has 0 aliphatic rings. The summed E-state index contributed by atoms with van der Waals surface area (Å²) in [5.74, 6) is -0.229.